The molecule has 1 aromatic rings. The van der Waals surface area contributed by atoms with E-state index in [1.165, 1.54) is 12.1 Å². The fourth-order valence-electron chi connectivity index (χ4n) is 2.53. The number of piperidine rings is 1. The number of nitrogens with two attached hydrogens (primary N) is 1. The Bertz CT molecular complexity index is 385. The second-order valence-corrected chi connectivity index (χ2v) is 5.03. The Labute approximate surface area is 100 Å². The van der Waals surface area contributed by atoms with Gasteiger partial charge in [-0.25, -0.2) is 8.78 Å². The molecule has 2 N–H and O–H groups in total. The van der Waals surface area contributed by atoms with E-state index in [-0.39, 0.29) is 6.04 Å². The van der Waals surface area contributed by atoms with Crippen LogP contribution in [-0.4, -0.2) is 24.0 Å². The molecule has 17 heavy (non-hydrogen) atoms. The fourth-order valence-corrected chi connectivity index (χ4v) is 2.53. The molecule has 0 amide bonds. The highest BCUT2D eigenvalue weighted by molar-refractivity contribution is 5.18. The van der Waals surface area contributed by atoms with Gasteiger partial charge in [-0.3, -0.25) is 4.90 Å². The molecule has 2 unspecified atom stereocenters. The SMILES string of the molecule is CC1CC(N)CN(Cc2ccc(F)cc2F)C1. The van der Waals surface area contributed by atoms with Crippen LogP contribution in [0.5, 0.6) is 0 Å². The average molecular weight is 240 g/mol. The van der Waals surface area contributed by atoms with E-state index in [4.69, 9.17) is 5.73 Å². The first-order chi connectivity index (χ1) is 8.04. The van der Waals surface area contributed by atoms with Crippen molar-refractivity contribution in [2.75, 3.05) is 13.1 Å². The summed E-state index contributed by atoms with van der Waals surface area (Å²) < 4.78 is 26.3. The molecule has 0 bridgehead atoms. The Hall–Kier alpha value is -1.00. The van der Waals surface area contributed by atoms with Crippen LogP contribution < -0.4 is 5.73 Å². The first-order valence-corrected chi connectivity index (χ1v) is 5.96. The van der Waals surface area contributed by atoms with Gasteiger partial charge in [0.15, 0.2) is 0 Å². The molecule has 0 radical (unpaired) electrons. The molecule has 2 nitrogen and oxygen atoms in total. The number of benzene rings is 1. The Morgan fingerprint density at radius 3 is 2.76 bits per heavy atom. The molecule has 1 fully saturated rings. The monoisotopic (exact) mass is 240 g/mol. The third kappa shape index (κ3) is 3.23. The van der Waals surface area contributed by atoms with Gasteiger partial charge in [-0.05, 0) is 18.4 Å². The van der Waals surface area contributed by atoms with Gasteiger partial charge in [0.1, 0.15) is 11.6 Å². The zero-order chi connectivity index (χ0) is 12.4. The highest BCUT2D eigenvalue weighted by atomic mass is 19.1. The molecular weight excluding hydrogens is 222 g/mol. The molecular formula is C13H18F2N2. The lowest BCUT2D eigenvalue weighted by atomic mass is 9.96. The Morgan fingerprint density at radius 1 is 1.35 bits per heavy atom. The normalized spacial score (nSPS) is 26.1. The zero-order valence-corrected chi connectivity index (χ0v) is 10.00. The van der Waals surface area contributed by atoms with E-state index < -0.39 is 11.6 Å². The molecule has 4 heteroatoms. The number of hydrogen-bond acceptors (Lipinski definition) is 2. The Morgan fingerprint density at radius 2 is 2.12 bits per heavy atom. The molecule has 0 spiro atoms. The zero-order valence-electron chi connectivity index (χ0n) is 10.00. The summed E-state index contributed by atoms with van der Waals surface area (Å²) in [5, 5.41) is 0. The van der Waals surface area contributed by atoms with Gasteiger partial charge in [0, 0.05) is 37.3 Å². The molecule has 1 heterocycles. The highest BCUT2D eigenvalue weighted by Crippen LogP contribution is 2.19. The van der Waals surface area contributed by atoms with Crippen LogP contribution in [0.15, 0.2) is 18.2 Å². The topological polar surface area (TPSA) is 29.3 Å². The molecule has 94 valence electrons. The molecule has 2 atom stereocenters. The van der Waals surface area contributed by atoms with Crippen LogP contribution in [0.4, 0.5) is 8.78 Å². The number of likely N-dealkylation sites (tertiary alicyclic amines) is 1. The first-order valence-electron chi connectivity index (χ1n) is 5.96. The summed E-state index contributed by atoms with van der Waals surface area (Å²) in [7, 11) is 0. The van der Waals surface area contributed by atoms with Gasteiger partial charge in [-0.1, -0.05) is 13.0 Å². The summed E-state index contributed by atoms with van der Waals surface area (Å²) >= 11 is 0. The van der Waals surface area contributed by atoms with Crippen molar-refractivity contribution >= 4 is 0 Å². The van der Waals surface area contributed by atoms with E-state index in [9.17, 15) is 8.78 Å². The van der Waals surface area contributed by atoms with Crippen molar-refractivity contribution in [1.82, 2.24) is 4.90 Å². The molecule has 0 aliphatic carbocycles. The molecule has 1 saturated heterocycles. The minimum atomic E-state index is -0.532. The van der Waals surface area contributed by atoms with Crippen molar-refractivity contribution in [2.24, 2.45) is 11.7 Å². The van der Waals surface area contributed by atoms with E-state index >= 15 is 0 Å². The predicted octanol–water partition coefficient (Wildman–Crippen LogP) is 2.13. The number of rotatable bonds is 2. The van der Waals surface area contributed by atoms with E-state index in [0.29, 0.717) is 18.0 Å². The molecule has 1 aromatic carbocycles. The van der Waals surface area contributed by atoms with E-state index in [0.717, 1.165) is 25.6 Å². The van der Waals surface area contributed by atoms with Gasteiger partial charge in [-0.15, -0.1) is 0 Å². The van der Waals surface area contributed by atoms with Crippen molar-refractivity contribution in [1.29, 1.82) is 0 Å². The second kappa shape index (κ2) is 5.10. The summed E-state index contributed by atoms with van der Waals surface area (Å²) in [6.45, 7) is 4.35. The quantitative estimate of drug-likeness (QED) is 0.858. The highest BCUT2D eigenvalue weighted by Gasteiger charge is 2.22. The van der Waals surface area contributed by atoms with Crippen molar-refractivity contribution < 1.29 is 8.78 Å². The summed E-state index contributed by atoms with van der Waals surface area (Å²) in [5.74, 6) is -0.478. The Kier molecular flexibility index (Phi) is 3.74. The lowest BCUT2D eigenvalue weighted by Crippen LogP contribution is -2.45. The standard InChI is InChI=1S/C13H18F2N2/c1-9-4-12(16)8-17(6-9)7-10-2-3-11(14)5-13(10)15/h2-3,5,9,12H,4,6-8,16H2,1H3. The number of halogens is 2. The van der Waals surface area contributed by atoms with E-state index in [1.54, 1.807) is 0 Å². The van der Waals surface area contributed by atoms with E-state index in [2.05, 4.69) is 11.8 Å². The van der Waals surface area contributed by atoms with Crippen molar-refractivity contribution in [3.63, 3.8) is 0 Å². The first kappa shape index (κ1) is 12.5. The predicted molar refractivity (Wildman–Crippen MR) is 63.4 cm³/mol. The lowest BCUT2D eigenvalue weighted by molar-refractivity contribution is 0.157. The van der Waals surface area contributed by atoms with Gasteiger partial charge < -0.3 is 5.73 Å². The maximum atomic E-state index is 13.5. The van der Waals surface area contributed by atoms with Crippen LogP contribution in [0.2, 0.25) is 0 Å². The second-order valence-electron chi connectivity index (χ2n) is 5.03. The Balaban J connectivity index is 2.04. The average Bonchev–Trinajstić information content (AvgIpc) is 2.21. The van der Waals surface area contributed by atoms with Gasteiger partial charge in [-0.2, -0.15) is 0 Å². The summed E-state index contributed by atoms with van der Waals surface area (Å²) in [6.07, 6.45) is 1.02. The largest absolute Gasteiger partial charge is 0.327 e. The van der Waals surface area contributed by atoms with Crippen LogP contribution in [0.25, 0.3) is 0 Å². The minimum absolute atomic E-state index is 0.155. The minimum Gasteiger partial charge on any atom is -0.327 e. The van der Waals surface area contributed by atoms with Gasteiger partial charge in [0.2, 0.25) is 0 Å². The molecule has 1 aliphatic rings. The third-order valence-corrected chi connectivity index (χ3v) is 3.18. The maximum absolute atomic E-state index is 13.5. The molecule has 1 aliphatic heterocycles. The smallest absolute Gasteiger partial charge is 0.130 e. The molecule has 0 aromatic heterocycles. The summed E-state index contributed by atoms with van der Waals surface area (Å²) in [4.78, 5) is 2.13. The third-order valence-electron chi connectivity index (χ3n) is 3.18. The van der Waals surface area contributed by atoms with Gasteiger partial charge in [0.05, 0.1) is 0 Å². The lowest BCUT2D eigenvalue weighted by Gasteiger charge is -2.34. The van der Waals surface area contributed by atoms with Crippen molar-refractivity contribution in [2.45, 2.75) is 25.9 Å². The van der Waals surface area contributed by atoms with Crippen molar-refractivity contribution in [3.05, 3.63) is 35.4 Å². The van der Waals surface area contributed by atoms with Crippen LogP contribution in [0.3, 0.4) is 0 Å². The van der Waals surface area contributed by atoms with Crippen LogP contribution in [0.1, 0.15) is 18.9 Å². The summed E-state index contributed by atoms with van der Waals surface area (Å²) in [5.41, 5.74) is 6.47. The molecule has 0 saturated carbocycles. The van der Waals surface area contributed by atoms with Gasteiger partial charge >= 0.3 is 0 Å². The van der Waals surface area contributed by atoms with Crippen LogP contribution in [-0.2, 0) is 6.54 Å². The van der Waals surface area contributed by atoms with Crippen molar-refractivity contribution in [3.8, 4) is 0 Å². The molecule has 2 rings (SSSR count). The summed E-state index contributed by atoms with van der Waals surface area (Å²) in [6, 6.07) is 3.89. The van der Waals surface area contributed by atoms with E-state index in [1.807, 2.05) is 0 Å². The van der Waals surface area contributed by atoms with Crippen LogP contribution in [0, 0.1) is 17.6 Å². The number of nitrogens with zero attached hydrogens (tertiary/aromatic N) is 1. The number of hydrogen-bond donors (Lipinski definition) is 1. The fraction of sp³-hybridized carbons (Fsp3) is 0.538. The van der Waals surface area contributed by atoms with Crippen LogP contribution >= 0.6 is 0 Å². The van der Waals surface area contributed by atoms with Gasteiger partial charge in [0.25, 0.3) is 0 Å². The maximum Gasteiger partial charge on any atom is 0.130 e.